The highest BCUT2D eigenvalue weighted by Gasteiger charge is 2.13. The highest BCUT2D eigenvalue weighted by atomic mass is 79.9. The highest BCUT2D eigenvalue weighted by Crippen LogP contribution is 2.32. The SMILES string of the molecule is Cn1c(-c2cc(Cl)ccc2Br)nc2ccc(C#N)cc21. The number of rotatable bonds is 1. The molecule has 1 heterocycles. The predicted molar refractivity (Wildman–Crippen MR) is 83.6 cm³/mol. The number of fused-ring (bicyclic) bond motifs is 1. The average molecular weight is 347 g/mol. The van der Waals surface area contributed by atoms with Gasteiger partial charge in [-0.15, -0.1) is 0 Å². The number of hydrogen-bond donors (Lipinski definition) is 0. The standard InChI is InChI=1S/C15H9BrClN3/c1-20-14-6-9(8-18)2-5-13(14)19-15(20)11-7-10(17)3-4-12(11)16/h2-7H,1H3. The molecule has 2 aromatic carbocycles. The van der Waals surface area contributed by atoms with Gasteiger partial charge in [0.25, 0.3) is 0 Å². The predicted octanol–water partition coefficient (Wildman–Crippen LogP) is 4.53. The van der Waals surface area contributed by atoms with Gasteiger partial charge in [0.05, 0.1) is 22.7 Å². The fourth-order valence-electron chi connectivity index (χ4n) is 2.17. The van der Waals surface area contributed by atoms with Crippen LogP contribution in [0.4, 0.5) is 0 Å². The minimum atomic E-state index is 0.622. The molecule has 0 aliphatic rings. The molecule has 0 atom stereocenters. The summed E-state index contributed by atoms with van der Waals surface area (Å²) >= 11 is 9.59. The van der Waals surface area contributed by atoms with Gasteiger partial charge in [-0.2, -0.15) is 5.26 Å². The summed E-state index contributed by atoms with van der Waals surface area (Å²) in [5, 5.41) is 9.65. The lowest BCUT2D eigenvalue weighted by Crippen LogP contribution is -1.93. The average Bonchev–Trinajstić information content (AvgIpc) is 2.78. The van der Waals surface area contributed by atoms with Crippen molar-refractivity contribution in [1.82, 2.24) is 9.55 Å². The van der Waals surface area contributed by atoms with Gasteiger partial charge in [0.1, 0.15) is 5.82 Å². The maximum atomic E-state index is 8.99. The second-order valence-electron chi connectivity index (χ2n) is 4.43. The number of aromatic nitrogens is 2. The van der Waals surface area contributed by atoms with Crippen LogP contribution in [0.15, 0.2) is 40.9 Å². The Hall–Kier alpha value is -1.83. The molecule has 3 rings (SSSR count). The minimum Gasteiger partial charge on any atom is -0.327 e. The Bertz CT molecular complexity index is 861. The Balaban J connectivity index is 2.30. The van der Waals surface area contributed by atoms with E-state index in [1.165, 1.54) is 0 Å². The van der Waals surface area contributed by atoms with Gasteiger partial charge in [0.2, 0.25) is 0 Å². The quantitative estimate of drug-likeness (QED) is 0.649. The molecule has 0 aliphatic heterocycles. The number of benzene rings is 2. The van der Waals surface area contributed by atoms with Crippen LogP contribution < -0.4 is 0 Å². The van der Waals surface area contributed by atoms with Crippen LogP contribution in [0.5, 0.6) is 0 Å². The fraction of sp³-hybridized carbons (Fsp3) is 0.0667. The zero-order valence-corrected chi connectivity index (χ0v) is 12.9. The van der Waals surface area contributed by atoms with Crippen molar-refractivity contribution >= 4 is 38.6 Å². The molecule has 0 saturated carbocycles. The van der Waals surface area contributed by atoms with Gasteiger partial charge in [-0.1, -0.05) is 27.5 Å². The topological polar surface area (TPSA) is 41.6 Å². The van der Waals surface area contributed by atoms with E-state index < -0.39 is 0 Å². The van der Waals surface area contributed by atoms with Gasteiger partial charge in [0, 0.05) is 22.1 Å². The van der Waals surface area contributed by atoms with Gasteiger partial charge in [-0.25, -0.2) is 4.98 Å². The van der Waals surface area contributed by atoms with Gasteiger partial charge < -0.3 is 4.57 Å². The molecule has 0 spiro atoms. The maximum Gasteiger partial charge on any atom is 0.142 e. The lowest BCUT2D eigenvalue weighted by atomic mass is 10.2. The van der Waals surface area contributed by atoms with Crippen molar-refractivity contribution in [1.29, 1.82) is 5.26 Å². The maximum absolute atomic E-state index is 8.99. The molecule has 0 fully saturated rings. The van der Waals surface area contributed by atoms with Crippen molar-refractivity contribution in [2.75, 3.05) is 0 Å². The number of nitriles is 1. The highest BCUT2D eigenvalue weighted by molar-refractivity contribution is 9.10. The van der Waals surface area contributed by atoms with Crippen molar-refractivity contribution in [3.05, 3.63) is 51.5 Å². The molecule has 0 aliphatic carbocycles. The summed E-state index contributed by atoms with van der Waals surface area (Å²) in [6.07, 6.45) is 0. The van der Waals surface area contributed by atoms with E-state index >= 15 is 0 Å². The molecule has 1 aromatic heterocycles. The van der Waals surface area contributed by atoms with Crippen LogP contribution in [0.3, 0.4) is 0 Å². The van der Waals surface area contributed by atoms with E-state index in [0.29, 0.717) is 10.6 Å². The summed E-state index contributed by atoms with van der Waals surface area (Å²) in [4.78, 5) is 4.62. The van der Waals surface area contributed by atoms with Crippen molar-refractivity contribution < 1.29 is 0 Å². The Kier molecular flexibility index (Phi) is 3.25. The lowest BCUT2D eigenvalue weighted by Gasteiger charge is -2.05. The molecular weight excluding hydrogens is 338 g/mol. The Morgan fingerprint density at radius 1 is 1.25 bits per heavy atom. The Morgan fingerprint density at radius 3 is 2.80 bits per heavy atom. The molecule has 20 heavy (non-hydrogen) atoms. The van der Waals surface area contributed by atoms with E-state index in [-0.39, 0.29) is 0 Å². The van der Waals surface area contributed by atoms with Crippen molar-refractivity contribution in [3.8, 4) is 17.5 Å². The van der Waals surface area contributed by atoms with E-state index in [1.807, 2.05) is 41.9 Å². The number of nitrogens with zero attached hydrogens (tertiary/aromatic N) is 3. The molecule has 0 saturated heterocycles. The van der Waals surface area contributed by atoms with Crippen molar-refractivity contribution in [2.45, 2.75) is 0 Å². The summed E-state index contributed by atoms with van der Waals surface area (Å²) in [6.45, 7) is 0. The molecule has 0 radical (unpaired) electrons. The number of halogens is 2. The smallest absolute Gasteiger partial charge is 0.142 e. The minimum absolute atomic E-state index is 0.622. The number of imidazole rings is 1. The molecule has 3 aromatic rings. The third-order valence-corrected chi connectivity index (χ3v) is 4.11. The van der Waals surface area contributed by atoms with Crippen LogP contribution in [0.25, 0.3) is 22.4 Å². The van der Waals surface area contributed by atoms with E-state index in [9.17, 15) is 0 Å². The first-order chi connectivity index (χ1) is 9.60. The molecular formula is C15H9BrClN3. The Morgan fingerprint density at radius 2 is 2.05 bits per heavy atom. The summed E-state index contributed by atoms with van der Waals surface area (Å²) in [5.41, 5.74) is 3.33. The lowest BCUT2D eigenvalue weighted by molar-refractivity contribution is 0.958. The summed E-state index contributed by atoms with van der Waals surface area (Å²) in [6, 6.07) is 13.2. The van der Waals surface area contributed by atoms with Gasteiger partial charge in [-0.3, -0.25) is 0 Å². The van der Waals surface area contributed by atoms with E-state index in [0.717, 1.165) is 26.9 Å². The van der Waals surface area contributed by atoms with Gasteiger partial charge in [-0.05, 0) is 36.4 Å². The van der Waals surface area contributed by atoms with E-state index in [2.05, 4.69) is 27.0 Å². The zero-order valence-electron chi connectivity index (χ0n) is 10.6. The third-order valence-electron chi connectivity index (χ3n) is 3.18. The van der Waals surface area contributed by atoms with Crippen LogP contribution in [0.1, 0.15) is 5.56 Å². The van der Waals surface area contributed by atoms with Crippen LogP contribution >= 0.6 is 27.5 Å². The van der Waals surface area contributed by atoms with Crippen molar-refractivity contribution in [3.63, 3.8) is 0 Å². The first-order valence-corrected chi connectivity index (χ1v) is 7.09. The first kappa shape index (κ1) is 13.2. The van der Waals surface area contributed by atoms with Crippen LogP contribution in [0.2, 0.25) is 5.02 Å². The number of hydrogen-bond acceptors (Lipinski definition) is 2. The second kappa shape index (κ2) is 4.93. The largest absolute Gasteiger partial charge is 0.327 e. The molecule has 0 amide bonds. The molecule has 5 heteroatoms. The normalized spacial score (nSPS) is 10.7. The molecule has 3 nitrogen and oxygen atoms in total. The summed E-state index contributed by atoms with van der Waals surface area (Å²) in [7, 11) is 1.93. The second-order valence-corrected chi connectivity index (χ2v) is 5.72. The third kappa shape index (κ3) is 2.09. The monoisotopic (exact) mass is 345 g/mol. The summed E-state index contributed by atoms with van der Waals surface area (Å²) < 4.78 is 2.90. The fourth-order valence-corrected chi connectivity index (χ4v) is 2.77. The molecule has 0 unspecified atom stereocenters. The molecule has 0 bridgehead atoms. The van der Waals surface area contributed by atoms with Gasteiger partial charge >= 0.3 is 0 Å². The molecule has 0 N–H and O–H groups in total. The Labute approximate surface area is 129 Å². The van der Waals surface area contributed by atoms with Crippen molar-refractivity contribution in [2.24, 2.45) is 7.05 Å². The van der Waals surface area contributed by atoms with E-state index in [1.54, 1.807) is 6.07 Å². The zero-order chi connectivity index (χ0) is 14.3. The van der Waals surface area contributed by atoms with Gasteiger partial charge in [0.15, 0.2) is 0 Å². The van der Waals surface area contributed by atoms with E-state index in [4.69, 9.17) is 16.9 Å². The summed E-state index contributed by atoms with van der Waals surface area (Å²) in [5.74, 6) is 0.810. The first-order valence-electron chi connectivity index (χ1n) is 5.92. The van der Waals surface area contributed by atoms with Crippen LogP contribution in [0, 0.1) is 11.3 Å². The number of aryl methyl sites for hydroxylation is 1. The molecule has 98 valence electrons. The van der Waals surface area contributed by atoms with Crippen LogP contribution in [-0.4, -0.2) is 9.55 Å². The van der Waals surface area contributed by atoms with Crippen LogP contribution in [-0.2, 0) is 7.05 Å².